The quantitative estimate of drug-likeness (QED) is 0.576. The number of nitrogens with zero attached hydrogens (tertiary/aromatic N) is 1. The number of likely N-dealkylation sites (N-methyl/N-ethyl adjacent to an activating group) is 1. The zero-order valence-corrected chi connectivity index (χ0v) is 19.5. The first-order valence-corrected chi connectivity index (χ1v) is 10.6. The van der Waals surface area contributed by atoms with Gasteiger partial charge in [0.2, 0.25) is 0 Å². The second-order valence-corrected chi connectivity index (χ2v) is 9.59. The number of hydrogen-bond acceptors (Lipinski definition) is 4. The number of amides is 1. The Balaban J connectivity index is 1.79. The largest absolute Gasteiger partial charge is 0.451 e. The number of fused-ring (bicyclic) bond motifs is 1. The smallest absolute Gasteiger partial charge is 0.287 e. The highest BCUT2D eigenvalue weighted by Crippen LogP contribution is 2.25. The van der Waals surface area contributed by atoms with Gasteiger partial charge in [0.1, 0.15) is 5.58 Å². The summed E-state index contributed by atoms with van der Waals surface area (Å²) in [6.07, 6.45) is 0. The van der Waals surface area contributed by atoms with Crippen molar-refractivity contribution in [2.45, 2.75) is 32.2 Å². The van der Waals surface area contributed by atoms with Gasteiger partial charge < -0.3 is 14.6 Å². The molecule has 0 saturated carbocycles. The van der Waals surface area contributed by atoms with Crippen LogP contribution in [0.25, 0.3) is 11.0 Å². The van der Waals surface area contributed by atoms with Crippen LogP contribution >= 0.6 is 15.9 Å². The molecule has 0 spiro atoms. The van der Waals surface area contributed by atoms with E-state index in [1.165, 1.54) is 11.6 Å². The van der Waals surface area contributed by atoms with Gasteiger partial charge in [0, 0.05) is 17.1 Å². The van der Waals surface area contributed by atoms with E-state index >= 15 is 0 Å². The third-order valence-electron chi connectivity index (χ3n) is 5.16. The Morgan fingerprint density at radius 2 is 1.77 bits per heavy atom. The number of nitrogens with one attached hydrogen (secondary N) is 1. The monoisotopic (exact) mass is 470 g/mol. The Bertz CT molecular complexity index is 1110. The van der Waals surface area contributed by atoms with Gasteiger partial charge in [-0.15, -0.1) is 0 Å². The molecule has 0 radical (unpaired) electrons. The van der Waals surface area contributed by atoms with Crippen molar-refractivity contribution < 1.29 is 9.21 Å². The fraction of sp³-hybridized carbons (Fsp3) is 0.333. The average Bonchev–Trinajstić information content (AvgIpc) is 2.67. The van der Waals surface area contributed by atoms with Gasteiger partial charge in [0.15, 0.2) is 11.2 Å². The number of rotatable bonds is 5. The van der Waals surface area contributed by atoms with Gasteiger partial charge in [0.25, 0.3) is 5.91 Å². The maximum atomic E-state index is 12.7. The number of benzene rings is 2. The highest BCUT2D eigenvalue weighted by molar-refractivity contribution is 9.10. The Labute approximate surface area is 185 Å². The van der Waals surface area contributed by atoms with Gasteiger partial charge in [-0.25, -0.2) is 0 Å². The molecule has 0 fully saturated rings. The first-order valence-electron chi connectivity index (χ1n) is 9.85. The SMILES string of the molecule is CN(C)C(CNC(=O)c1cc(=O)c2ccc(Br)cc2o1)c1ccc(C(C)(C)C)cc1. The summed E-state index contributed by atoms with van der Waals surface area (Å²) in [4.78, 5) is 27.1. The summed E-state index contributed by atoms with van der Waals surface area (Å²) in [5.41, 5.74) is 2.59. The average molecular weight is 471 g/mol. The Morgan fingerprint density at radius 1 is 1.10 bits per heavy atom. The molecule has 2 aromatic carbocycles. The minimum absolute atomic E-state index is 0.00573. The number of halogens is 1. The summed E-state index contributed by atoms with van der Waals surface area (Å²) in [7, 11) is 3.95. The van der Waals surface area contributed by atoms with Crippen molar-refractivity contribution in [2.75, 3.05) is 20.6 Å². The van der Waals surface area contributed by atoms with Crippen molar-refractivity contribution in [3.63, 3.8) is 0 Å². The first kappa shape index (κ1) is 22.2. The van der Waals surface area contributed by atoms with E-state index in [1.807, 2.05) is 14.1 Å². The van der Waals surface area contributed by atoms with Gasteiger partial charge in [-0.1, -0.05) is 61.0 Å². The van der Waals surface area contributed by atoms with E-state index in [2.05, 4.69) is 71.2 Å². The van der Waals surface area contributed by atoms with E-state index in [0.717, 1.165) is 10.0 Å². The van der Waals surface area contributed by atoms with Crippen LogP contribution in [0.15, 0.2) is 62.2 Å². The molecule has 0 bridgehead atoms. The molecule has 3 aromatic rings. The second kappa shape index (κ2) is 8.74. The van der Waals surface area contributed by atoms with E-state index in [-0.39, 0.29) is 22.6 Å². The lowest BCUT2D eigenvalue weighted by molar-refractivity contribution is 0.0914. The molecule has 1 atom stereocenters. The summed E-state index contributed by atoms with van der Waals surface area (Å²) in [6, 6.07) is 14.8. The summed E-state index contributed by atoms with van der Waals surface area (Å²) in [5.74, 6) is -0.404. The minimum Gasteiger partial charge on any atom is -0.451 e. The first-order chi connectivity index (χ1) is 14.1. The van der Waals surface area contributed by atoms with Crippen LogP contribution in [0.1, 0.15) is 48.5 Å². The summed E-state index contributed by atoms with van der Waals surface area (Å²) in [5, 5.41) is 3.35. The molecular weight excluding hydrogens is 444 g/mol. The number of carbonyl (C=O) groups excluding carboxylic acids is 1. The van der Waals surface area contributed by atoms with E-state index in [1.54, 1.807) is 18.2 Å². The summed E-state index contributed by atoms with van der Waals surface area (Å²) < 4.78 is 6.46. The lowest BCUT2D eigenvalue weighted by Gasteiger charge is -2.26. The molecule has 0 aliphatic heterocycles. The Morgan fingerprint density at radius 3 is 2.37 bits per heavy atom. The third-order valence-corrected chi connectivity index (χ3v) is 5.65. The molecule has 1 heterocycles. The Hall–Kier alpha value is -2.44. The van der Waals surface area contributed by atoms with Crippen LogP contribution in [0.2, 0.25) is 0 Å². The molecule has 0 saturated heterocycles. The van der Waals surface area contributed by atoms with E-state index in [9.17, 15) is 9.59 Å². The topological polar surface area (TPSA) is 62.6 Å². The maximum absolute atomic E-state index is 12.7. The zero-order chi connectivity index (χ0) is 22.1. The summed E-state index contributed by atoms with van der Waals surface area (Å²) >= 11 is 3.36. The minimum atomic E-state index is -0.410. The van der Waals surface area contributed by atoms with Crippen molar-refractivity contribution >= 4 is 32.8 Å². The molecular formula is C24H27BrN2O3. The van der Waals surface area contributed by atoms with Gasteiger partial charge in [-0.05, 0) is 48.8 Å². The molecule has 1 N–H and O–H groups in total. The van der Waals surface area contributed by atoms with Crippen LogP contribution in [0, 0.1) is 0 Å². The maximum Gasteiger partial charge on any atom is 0.287 e. The second-order valence-electron chi connectivity index (χ2n) is 8.68. The van der Waals surface area contributed by atoms with E-state index < -0.39 is 5.91 Å². The molecule has 158 valence electrons. The van der Waals surface area contributed by atoms with Crippen LogP contribution < -0.4 is 10.7 Å². The van der Waals surface area contributed by atoms with Gasteiger partial charge in [-0.2, -0.15) is 0 Å². The van der Waals surface area contributed by atoms with Crippen molar-refractivity contribution in [2.24, 2.45) is 0 Å². The van der Waals surface area contributed by atoms with Crippen molar-refractivity contribution in [1.29, 1.82) is 0 Å². The van der Waals surface area contributed by atoms with Gasteiger partial charge in [-0.3, -0.25) is 9.59 Å². The Kier molecular flexibility index (Phi) is 6.48. The van der Waals surface area contributed by atoms with Crippen LogP contribution in [-0.4, -0.2) is 31.4 Å². The molecule has 5 nitrogen and oxygen atoms in total. The number of hydrogen-bond donors (Lipinski definition) is 1. The van der Waals surface area contributed by atoms with Crippen molar-refractivity contribution in [1.82, 2.24) is 10.2 Å². The van der Waals surface area contributed by atoms with E-state index in [0.29, 0.717) is 17.5 Å². The fourth-order valence-electron chi connectivity index (χ4n) is 3.32. The van der Waals surface area contributed by atoms with Gasteiger partial charge >= 0.3 is 0 Å². The van der Waals surface area contributed by atoms with E-state index in [4.69, 9.17) is 4.42 Å². The normalized spacial score (nSPS) is 12.9. The highest BCUT2D eigenvalue weighted by atomic mass is 79.9. The molecule has 0 aliphatic rings. The zero-order valence-electron chi connectivity index (χ0n) is 18.0. The third kappa shape index (κ3) is 4.99. The highest BCUT2D eigenvalue weighted by Gasteiger charge is 2.19. The van der Waals surface area contributed by atoms with Crippen molar-refractivity contribution in [3.05, 3.63) is 80.1 Å². The number of carbonyl (C=O) groups is 1. The lowest BCUT2D eigenvalue weighted by Crippen LogP contribution is -2.34. The fourth-order valence-corrected chi connectivity index (χ4v) is 3.66. The van der Waals surface area contributed by atoms with Crippen molar-refractivity contribution in [3.8, 4) is 0 Å². The van der Waals surface area contributed by atoms with Crippen LogP contribution in [0.3, 0.4) is 0 Å². The molecule has 1 unspecified atom stereocenters. The molecule has 3 rings (SSSR count). The molecule has 1 amide bonds. The predicted octanol–water partition coefficient (Wildman–Crippen LogP) is 4.89. The van der Waals surface area contributed by atoms with Crippen LogP contribution in [0.5, 0.6) is 0 Å². The molecule has 6 heteroatoms. The van der Waals surface area contributed by atoms with Crippen LogP contribution in [-0.2, 0) is 5.41 Å². The molecule has 30 heavy (non-hydrogen) atoms. The predicted molar refractivity (Wildman–Crippen MR) is 124 cm³/mol. The van der Waals surface area contributed by atoms with Gasteiger partial charge in [0.05, 0.1) is 11.4 Å². The van der Waals surface area contributed by atoms with Crippen LogP contribution in [0.4, 0.5) is 0 Å². The lowest BCUT2D eigenvalue weighted by atomic mass is 9.86. The summed E-state index contributed by atoms with van der Waals surface area (Å²) in [6.45, 7) is 6.94. The molecule has 0 aliphatic carbocycles. The standard InChI is InChI=1S/C24H27BrN2O3/c1-24(2,3)16-8-6-15(7-9-16)19(27(4)5)14-26-23(29)22-13-20(28)18-11-10-17(25)12-21(18)30-22/h6-13,19H,14H2,1-5H3,(H,26,29). The molecule has 1 aromatic heterocycles.